The number of fused-ring (bicyclic) bond motifs is 1. The number of carbonyl (C=O) groups excluding carboxylic acids is 1. The van der Waals surface area contributed by atoms with E-state index in [2.05, 4.69) is 20.6 Å². The lowest BCUT2D eigenvalue weighted by molar-refractivity contribution is 0.102. The Kier molecular flexibility index (Phi) is 4.80. The molecule has 7 nitrogen and oxygen atoms in total. The van der Waals surface area contributed by atoms with E-state index in [1.807, 2.05) is 50.2 Å². The van der Waals surface area contributed by atoms with E-state index in [-0.39, 0.29) is 11.6 Å². The highest BCUT2D eigenvalue weighted by Crippen LogP contribution is 2.33. The summed E-state index contributed by atoms with van der Waals surface area (Å²) in [5, 5.41) is 6.03. The van der Waals surface area contributed by atoms with Gasteiger partial charge in [0.05, 0.1) is 0 Å². The standard InChI is InChI=1S/C21H20N4O3/c1-13-4-3-5-14(2)19(13)25-20(26)16-8-9-22-21(24-16)23-15-6-7-17-18(12-15)28-11-10-27-17/h3-9,12H,10-11H2,1-2H3,(H,25,26)(H,22,23,24). The van der Waals surface area contributed by atoms with E-state index in [0.717, 1.165) is 22.5 Å². The van der Waals surface area contributed by atoms with Crippen molar-refractivity contribution in [3.63, 3.8) is 0 Å². The first-order valence-electron chi connectivity index (χ1n) is 8.97. The molecule has 7 heteroatoms. The molecule has 0 fully saturated rings. The van der Waals surface area contributed by atoms with E-state index >= 15 is 0 Å². The van der Waals surface area contributed by atoms with Gasteiger partial charge < -0.3 is 20.1 Å². The normalized spacial score (nSPS) is 12.4. The first-order chi connectivity index (χ1) is 13.6. The van der Waals surface area contributed by atoms with Crippen molar-refractivity contribution < 1.29 is 14.3 Å². The lowest BCUT2D eigenvalue weighted by Crippen LogP contribution is -2.16. The number of amides is 1. The predicted octanol–water partition coefficient (Wildman–Crippen LogP) is 3.86. The molecule has 0 saturated heterocycles. The molecule has 1 aliphatic rings. The van der Waals surface area contributed by atoms with Crippen molar-refractivity contribution >= 4 is 23.2 Å². The number of benzene rings is 2. The van der Waals surface area contributed by atoms with E-state index in [1.165, 1.54) is 0 Å². The first-order valence-corrected chi connectivity index (χ1v) is 8.97. The zero-order valence-electron chi connectivity index (χ0n) is 15.7. The van der Waals surface area contributed by atoms with Crippen LogP contribution in [0.15, 0.2) is 48.7 Å². The van der Waals surface area contributed by atoms with E-state index in [1.54, 1.807) is 12.3 Å². The Morgan fingerprint density at radius 2 is 1.75 bits per heavy atom. The number of para-hydroxylation sites is 1. The fraction of sp³-hybridized carbons (Fsp3) is 0.190. The van der Waals surface area contributed by atoms with Gasteiger partial charge in [-0.2, -0.15) is 0 Å². The summed E-state index contributed by atoms with van der Waals surface area (Å²) in [6.45, 7) is 4.97. The van der Waals surface area contributed by atoms with Gasteiger partial charge in [0.2, 0.25) is 5.95 Å². The van der Waals surface area contributed by atoms with Crippen LogP contribution in [0.3, 0.4) is 0 Å². The second-order valence-electron chi connectivity index (χ2n) is 6.47. The van der Waals surface area contributed by atoms with Gasteiger partial charge in [-0.3, -0.25) is 4.79 Å². The van der Waals surface area contributed by atoms with Crippen molar-refractivity contribution in [2.75, 3.05) is 23.8 Å². The van der Waals surface area contributed by atoms with Gasteiger partial charge in [0.1, 0.15) is 18.9 Å². The van der Waals surface area contributed by atoms with Gasteiger partial charge in [0.15, 0.2) is 11.5 Å². The number of nitrogens with one attached hydrogen (secondary N) is 2. The van der Waals surface area contributed by atoms with Crippen LogP contribution in [-0.2, 0) is 0 Å². The summed E-state index contributed by atoms with van der Waals surface area (Å²) in [7, 11) is 0. The molecule has 0 aliphatic carbocycles. The molecule has 28 heavy (non-hydrogen) atoms. The molecule has 0 spiro atoms. The highest BCUT2D eigenvalue weighted by Gasteiger charge is 2.14. The Bertz CT molecular complexity index is 1020. The van der Waals surface area contributed by atoms with E-state index < -0.39 is 0 Å². The quantitative estimate of drug-likeness (QED) is 0.719. The van der Waals surface area contributed by atoms with Gasteiger partial charge in [-0.1, -0.05) is 18.2 Å². The summed E-state index contributed by atoms with van der Waals surface area (Å²) in [4.78, 5) is 21.2. The zero-order valence-corrected chi connectivity index (χ0v) is 15.7. The van der Waals surface area contributed by atoms with Crippen LogP contribution in [0.1, 0.15) is 21.6 Å². The van der Waals surface area contributed by atoms with Crippen LogP contribution in [0.5, 0.6) is 11.5 Å². The third-order valence-electron chi connectivity index (χ3n) is 4.41. The fourth-order valence-electron chi connectivity index (χ4n) is 2.98. The minimum Gasteiger partial charge on any atom is -0.486 e. The fourth-order valence-corrected chi connectivity index (χ4v) is 2.98. The van der Waals surface area contributed by atoms with Gasteiger partial charge in [-0.15, -0.1) is 0 Å². The minimum atomic E-state index is -0.287. The molecule has 2 aromatic carbocycles. The van der Waals surface area contributed by atoms with Crippen LogP contribution < -0.4 is 20.1 Å². The molecule has 142 valence electrons. The van der Waals surface area contributed by atoms with Gasteiger partial charge in [-0.05, 0) is 43.2 Å². The largest absolute Gasteiger partial charge is 0.486 e. The van der Waals surface area contributed by atoms with Crippen LogP contribution in [0.25, 0.3) is 0 Å². The molecular weight excluding hydrogens is 356 g/mol. The molecule has 0 radical (unpaired) electrons. The molecular formula is C21H20N4O3. The number of carbonyl (C=O) groups is 1. The van der Waals surface area contributed by atoms with Crippen molar-refractivity contribution in [2.45, 2.75) is 13.8 Å². The van der Waals surface area contributed by atoms with E-state index in [4.69, 9.17) is 9.47 Å². The molecule has 1 aliphatic heterocycles. The molecule has 0 unspecified atom stereocenters. The van der Waals surface area contributed by atoms with Crippen LogP contribution in [0.2, 0.25) is 0 Å². The van der Waals surface area contributed by atoms with Crippen LogP contribution >= 0.6 is 0 Å². The SMILES string of the molecule is Cc1cccc(C)c1NC(=O)c1ccnc(Nc2ccc3c(c2)OCCO3)n1. The average molecular weight is 376 g/mol. The van der Waals surface area contributed by atoms with Gasteiger partial charge in [-0.25, -0.2) is 9.97 Å². The summed E-state index contributed by atoms with van der Waals surface area (Å²) in [6.07, 6.45) is 1.55. The number of hydrogen-bond donors (Lipinski definition) is 2. The number of ether oxygens (including phenoxy) is 2. The Hall–Kier alpha value is -3.61. The van der Waals surface area contributed by atoms with Crippen LogP contribution in [-0.4, -0.2) is 29.1 Å². The maximum absolute atomic E-state index is 12.6. The number of hydrogen-bond acceptors (Lipinski definition) is 6. The van der Waals surface area contributed by atoms with E-state index in [0.29, 0.717) is 30.7 Å². The maximum Gasteiger partial charge on any atom is 0.274 e. The van der Waals surface area contributed by atoms with Crippen molar-refractivity contribution in [3.05, 3.63) is 65.5 Å². The molecule has 2 N–H and O–H groups in total. The first kappa shape index (κ1) is 17.8. The topological polar surface area (TPSA) is 85.4 Å². The van der Waals surface area contributed by atoms with Gasteiger partial charge in [0, 0.05) is 23.6 Å². The summed E-state index contributed by atoms with van der Waals surface area (Å²) >= 11 is 0. The molecule has 1 amide bonds. The summed E-state index contributed by atoms with van der Waals surface area (Å²) < 4.78 is 11.1. The highest BCUT2D eigenvalue weighted by molar-refractivity contribution is 6.03. The van der Waals surface area contributed by atoms with Gasteiger partial charge in [0.25, 0.3) is 5.91 Å². The molecule has 2 heterocycles. The van der Waals surface area contributed by atoms with E-state index in [9.17, 15) is 4.79 Å². The molecule has 0 bridgehead atoms. The molecule has 0 saturated carbocycles. The third-order valence-corrected chi connectivity index (χ3v) is 4.41. The lowest BCUT2D eigenvalue weighted by Gasteiger charge is -2.19. The summed E-state index contributed by atoms with van der Waals surface area (Å²) in [6, 6.07) is 12.9. The third kappa shape index (κ3) is 3.73. The Morgan fingerprint density at radius 3 is 2.54 bits per heavy atom. The van der Waals surface area contributed by atoms with Crippen molar-refractivity contribution in [1.82, 2.24) is 9.97 Å². The number of nitrogens with zero attached hydrogens (tertiary/aromatic N) is 2. The summed E-state index contributed by atoms with van der Waals surface area (Å²) in [5.41, 5.74) is 3.82. The zero-order chi connectivity index (χ0) is 19.5. The van der Waals surface area contributed by atoms with Crippen molar-refractivity contribution in [1.29, 1.82) is 0 Å². The van der Waals surface area contributed by atoms with Gasteiger partial charge >= 0.3 is 0 Å². The Labute approximate surface area is 162 Å². The molecule has 0 atom stereocenters. The molecule has 3 aromatic rings. The number of anilines is 3. The smallest absolute Gasteiger partial charge is 0.274 e. The Morgan fingerprint density at radius 1 is 1.00 bits per heavy atom. The summed E-state index contributed by atoms with van der Waals surface area (Å²) in [5.74, 6) is 1.41. The monoisotopic (exact) mass is 376 g/mol. The molecule has 1 aromatic heterocycles. The lowest BCUT2D eigenvalue weighted by atomic mass is 10.1. The second kappa shape index (κ2) is 7.56. The number of rotatable bonds is 4. The number of aryl methyl sites for hydroxylation is 2. The number of aromatic nitrogens is 2. The average Bonchev–Trinajstić information content (AvgIpc) is 2.71. The Balaban J connectivity index is 1.52. The molecule has 4 rings (SSSR count). The second-order valence-corrected chi connectivity index (χ2v) is 6.47. The minimum absolute atomic E-state index is 0.276. The predicted molar refractivity (Wildman–Crippen MR) is 107 cm³/mol. The van der Waals surface area contributed by atoms with Crippen LogP contribution in [0, 0.1) is 13.8 Å². The highest BCUT2D eigenvalue weighted by atomic mass is 16.6. The maximum atomic E-state index is 12.6. The van der Waals surface area contributed by atoms with Crippen molar-refractivity contribution in [3.8, 4) is 11.5 Å². The van der Waals surface area contributed by atoms with Crippen LogP contribution in [0.4, 0.5) is 17.3 Å². The van der Waals surface area contributed by atoms with Crippen molar-refractivity contribution in [2.24, 2.45) is 0 Å².